The molecule has 1 saturated carbocycles. The summed E-state index contributed by atoms with van der Waals surface area (Å²) in [6.07, 6.45) is 9.90. The molecule has 114 valence electrons. The fourth-order valence-electron chi connectivity index (χ4n) is 3.31. The number of hydrogen-bond donors (Lipinski definition) is 3. The van der Waals surface area contributed by atoms with Gasteiger partial charge in [-0.15, -0.1) is 0 Å². The average molecular weight is 283 g/mol. The lowest BCUT2D eigenvalue weighted by Gasteiger charge is -2.08. The van der Waals surface area contributed by atoms with Crippen LogP contribution in [0, 0.1) is 23.7 Å². The van der Waals surface area contributed by atoms with Gasteiger partial charge in [0.1, 0.15) is 0 Å². The number of rotatable bonds is 4. The first kappa shape index (κ1) is 16.5. The molecule has 0 aromatic heterocycles. The summed E-state index contributed by atoms with van der Waals surface area (Å²) in [6, 6.07) is 0. The van der Waals surface area contributed by atoms with Gasteiger partial charge in [0, 0.05) is 0 Å². The molecule has 1 unspecified atom stereocenters. The van der Waals surface area contributed by atoms with E-state index in [2.05, 4.69) is 17.9 Å². The molecule has 1 fully saturated rings. The van der Waals surface area contributed by atoms with E-state index in [9.17, 15) is 4.79 Å². The van der Waals surface area contributed by atoms with Crippen LogP contribution < -0.4 is 5.73 Å². The van der Waals surface area contributed by atoms with Crippen LogP contribution >= 0.6 is 0 Å². The Labute approximate surface area is 119 Å². The molecular formula is C15H25NO4. The van der Waals surface area contributed by atoms with Gasteiger partial charge in [0.15, 0.2) is 0 Å². The number of primary amides is 1. The van der Waals surface area contributed by atoms with Crippen molar-refractivity contribution in [3.63, 3.8) is 0 Å². The Morgan fingerprint density at radius 2 is 1.65 bits per heavy atom. The van der Waals surface area contributed by atoms with Crippen molar-refractivity contribution in [3.8, 4) is 0 Å². The maximum atomic E-state index is 11.0. The smallest absolute Gasteiger partial charge is 0.402 e. The fraction of sp³-hybridized carbons (Fsp3) is 0.733. The molecule has 4 atom stereocenters. The highest BCUT2D eigenvalue weighted by molar-refractivity contribution is 5.69. The predicted molar refractivity (Wildman–Crippen MR) is 76.3 cm³/mol. The highest BCUT2D eigenvalue weighted by Crippen LogP contribution is 2.55. The van der Waals surface area contributed by atoms with Crippen molar-refractivity contribution in [1.29, 1.82) is 0 Å². The zero-order valence-corrected chi connectivity index (χ0v) is 12.0. The molecule has 0 radical (unpaired) electrons. The number of aliphatic carboxylic acids is 1. The van der Waals surface area contributed by atoms with Crippen molar-refractivity contribution in [2.24, 2.45) is 29.4 Å². The normalized spacial score (nSPS) is 30.6. The lowest BCUT2D eigenvalue weighted by atomic mass is 9.97. The number of allylic oxidation sites excluding steroid dienone is 2. The van der Waals surface area contributed by atoms with E-state index in [0.29, 0.717) is 5.92 Å². The number of fused-ring (bicyclic) bond motifs is 1. The third kappa shape index (κ3) is 5.23. The third-order valence-electron chi connectivity index (χ3n) is 4.41. The number of hydrogen-bond acceptors (Lipinski definition) is 2. The number of carbonyl (C=O) groups is 2. The summed E-state index contributed by atoms with van der Waals surface area (Å²) >= 11 is 0. The Bertz CT molecular complexity index is 347. The summed E-state index contributed by atoms with van der Waals surface area (Å²) in [5.74, 6) is 1.67. The van der Waals surface area contributed by atoms with Crippen LogP contribution in [0.3, 0.4) is 0 Å². The molecular weight excluding hydrogens is 258 g/mol. The summed E-state index contributed by atoms with van der Waals surface area (Å²) < 4.78 is 0. The summed E-state index contributed by atoms with van der Waals surface area (Å²) in [4.78, 5) is 19.8. The monoisotopic (exact) mass is 283 g/mol. The van der Waals surface area contributed by atoms with E-state index in [1.807, 2.05) is 6.92 Å². The highest BCUT2D eigenvalue weighted by atomic mass is 16.4. The molecule has 1 amide bonds. The van der Waals surface area contributed by atoms with Crippen molar-refractivity contribution < 1.29 is 19.8 Å². The molecule has 2 aliphatic carbocycles. The summed E-state index contributed by atoms with van der Waals surface area (Å²) in [5.41, 5.74) is 4.03. The van der Waals surface area contributed by atoms with Crippen LogP contribution in [-0.2, 0) is 4.79 Å². The first-order chi connectivity index (χ1) is 9.47. The minimum Gasteiger partial charge on any atom is -0.481 e. The Balaban J connectivity index is 0.000000444. The quantitative estimate of drug-likeness (QED) is 0.690. The van der Waals surface area contributed by atoms with Gasteiger partial charge in [0.05, 0.1) is 5.92 Å². The number of amides is 1. The van der Waals surface area contributed by atoms with Gasteiger partial charge in [-0.3, -0.25) is 4.79 Å². The SMILES string of the molecule is CCC(C[C@H]1[C@@H]2CC/C=C/CC[C@@H]21)C(=O)O.NC(=O)O. The van der Waals surface area contributed by atoms with Crippen LogP contribution in [0.5, 0.6) is 0 Å². The summed E-state index contributed by atoms with van der Waals surface area (Å²) in [6.45, 7) is 1.99. The maximum Gasteiger partial charge on any atom is 0.402 e. The molecule has 0 aromatic rings. The number of carboxylic acid groups (broad SMARTS) is 2. The lowest BCUT2D eigenvalue weighted by molar-refractivity contribution is -0.142. The van der Waals surface area contributed by atoms with E-state index in [0.717, 1.165) is 24.7 Å². The molecule has 0 saturated heterocycles. The first-order valence-electron chi connectivity index (χ1n) is 7.33. The van der Waals surface area contributed by atoms with E-state index in [-0.39, 0.29) is 5.92 Å². The Morgan fingerprint density at radius 1 is 1.20 bits per heavy atom. The van der Waals surface area contributed by atoms with Gasteiger partial charge in [-0.25, -0.2) is 4.79 Å². The van der Waals surface area contributed by atoms with E-state index in [1.165, 1.54) is 25.7 Å². The van der Waals surface area contributed by atoms with Gasteiger partial charge in [0.25, 0.3) is 0 Å². The highest BCUT2D eigenvalue weighted by Gasteiger charge is 2.49. The van der Waals surface area contributed by atoms with Crippen LogP contribution in [0.25, 0.3) is 0 Å². The van der Waals surface area contributed by atoms with Gasteiger partial charge < -0.3 is 15.9 Å². The molecule has 4 N–H and O–H groups in total. The molecule has 0 spiro atoms. The van der Waals surface area contributed by atoms with Gasteiger partial charge in [-0.2, -0.15) is 0 Å². The Hall–Kier alpha value is -1.52. The first-order valence-corrected chi connectivity index (χ1v) is 7.33. The van der Waals surface area contributed by atoms with Gasteiger partial charge in [-0.05, 0) is 56.3 Å². The zero-order chi connectivity index (χ0) is 15.1. The molecule has 2 aliphatic rings. The second-order valence-electron chi connectivity index (χ2n) is 5.64. The Morgan fingerprint density at radius 3 is 2.00 bits per heavy atom. The molecule has 5 heteroatoms. The average Bonchev–Trinajstić information content (AvgIpc) is 2.94. The van der Waals surface area contributed by atoms with Crippen molar-refractivity contribution in [3.05, 3.63) is 12.2 Å². The molecule has 0 bridgehead atoms. The van der Waals surface area contributed by atoms with Crippen LogP contribution in [0.1, 0.15) is 45.4 Å². The van der Waals surface area contributed by atoms with E-state index < -0.39 is 12.1 Å². The van der Waals surface area contributed by atoms with Crippen LogP contribution in [-0.4, -0.2) is 22.3 Å². The minimum atomic E-state index is -1.33. The van der Waals surface area contributed by atoms with Crippen molar-refractivity contribution in [2.75, 3.05) is 0 Å². The van der Waals surface area contributed by atoms with Crippen LogP contribution in [0.4, 0.5) is 4.79 Å². The second-order valence-corrected chi connectivity index (χ2v) is 5.64. The maximum absolute atomic E-state index is 11.0. The lowest BCUT2D eigenvalue weighted by Crippen LogP contribution is -2.13. The number of nitrogens with two attached hydrogens (primary N) is 1. The predicted octanol–water partition coefficient (Wildman–Crippen LogP) is 3.10. The summed E-state index contributed by atoms with van der Waals surface area (Å²) in [7, 11) is 0. The Kier molecular flexibility index (Phi) is 6.55. The van der Waals surface area contributed by atoms with Crippen molar-refractivity contribution >= 4 is 12.1 Å². The van der Waals surface area contributed by atoms with E-state index in [1.54, 1.807) is 0 Å². The molecule has 20 heavy (non-hydrogen) atoms. The minimum absolute atomic E-state index is 0.105. The summed E-state index contributed by atoms with van der Waals surface area (Å²) in [5, 5.41) is 16.3. The van der Waals surface area contributed by atoms with Crippen molar-refractivity contribution in [1.82, 2.24) is 0 Å². The topological polar surface area (TPSA) is 101 Å². The number of carboxylic acids is 1. The molecule has 5 nitrogen and oxygen atoms in total. The molecule has 0 heterocycles. The van der Waals surface area contributed by atoms with Gasteiger partial charge in [-0.1, -0.05) is 19.1 Å². The van der Waals surface area contributed by atoms with Crippen LogP contribution in [0.2, 0.25) is 0 Å². The largest absolute Gasteiger partial charge is 0.481 e. The zero-order valence-electron chi connectivity index (χ0n) is 12.0. The molecule has 0 aromatic carbocycles. The second kappa shape index (κ2) is 7.92. The van der Waals surface area contributed by atoms with Crippen molar-refractivity contribution in [2.45, 2.75) is 45.4 Å². The van der Waals surface area contributed by atoms with Crippen LogP contribution in [0.15, 0.2) is 12.2 Å². The van der Waals surface area contributed by atoms with Gasteiger partial charge in [0.2, 0.25) is 0 Å². The van der Waals surface area contributed by atoms with E-state index >= 15 is 0 Å². The standard InChI is InChI=1S/C14H22O2.CH3NO2/c1-2-10(14(15)16)9-13-11-7-5-3-4-6-8-12(11)13;2-1(3)4/h3-4,10-13H,2,5-9H2,1H3,(H,15,16);2H2,(H,3,4)/b4-3+;/t10?,11-,12+,13+;. The fourth-order valence-corrected chi connectivity index (χ4v) is 3.31. The molecule has 0 aliphatic heterocycles. The third-order valence-corrected chi connectivity index (χ3v) is 4.41. The van der Waals surface area contributed by atoms with E-state index in [4.69, 9.17) is 15.0 Å². The molecule has 2 rings (SSSR count). The van der Waals surface area contributed by atoms with Gasteiger partial charge >= 0.3 is 12.1 Å².